The van der Waals surface area contributed by atoms with Crippen LogP contribution in [-0.2, 0) is 21.3 Å². The lowest BCUT2D eigenvalue weighted by molar-refractivity contribution is -0.160. The van der Waals surface area contributed by atoms with E-state index < -0.39 is 12.8 Å². The van der Waals surface area contributed by atoms with Crippen LogP contribution in [0.1, 0.15) is 21.6 Å². The van der Waals surface area contributed by atoms with Gasteiger partial charge in [-0.1, -0.05) is 7.43 Å². The SMILES string of the molecule is C.[3H][C@H]1CC(OC)[C@@H](CCP(C)([O-])=S)O1. The topological polar surface area (TPSA) is 41.5 Å². The van der Waals surface area contributed by atoms with E-state index in [1.807, 2.05) is 0 Å². The highest BCUT2D eigenvalue weighted by Crippen LogP contribution is 2.33. The second-order valence-electron chi connectivity index (χ2n) is 3.38. The molecule has 86 valence electrons. The highest BCUT2D eigenvalue weighted by Gasteiger charge is 2.27. The lowest BCUT2D eigenvalue weighted by atomic mass is 10.1. The van der Waals surface area contributed by atoms with E-state index in [0.29, 0.717) is 19.0 Å². The molecule has 1 fully saturated rings. The lowest BCUT2D eigenvalue weighted by Gasteiger charge is -2.25. The van der Waals surface area contributed by atoms with Crippen LogP contribution in [0.15, 0.2) is 0 Å². The number of hydrogen-bond acceptors (Lipinski definition) is 4. The predicted molar refractivity (Wildman–Crippen MR) is 61.6 cm³/mol. The first-order valence-electron chi connectivity index (χ1n) is 4.88. The van der Waals surface area contributed by atoms with Gasteiger partial charge in [0.05, 0.1) is 13.6 Å². The quantitative estimate of drug-likeness (QED) is 0.694. The Labute approximate surface area is 93.3 Å². The Morgan fingerprint density at radius 2 is 2.43 bits per heavy atom. The zero-order chi connectivity index (χ0) is 10.8. The van der Waals surface area contributed by atoms with Gasteiger partial charge < -0.3 is 14.4 Å². The van der Waals surface area contributed by atoms with Gasteiger partial charge in [-0.15, -0.1) is 18.1 Å². The van der Waals surface area contributed by atoms with E-state index in [9.17, 15) is 4.89 Å². The zero-order valence-electron chi connectivity index (χ0n) is 8.93. The summed E-state index contributed by atoms with van der Waals surface area (Å²) in [6.45, 7) is 1.09. The van der Waals surface area contributed by atoms with Crippen LogP contribution in [0.3, 0.4) is 0 Å². The Morgan fingerprint density at radius 3 is 2.93 bits per heavy atom. The van der Waals surface area contributed by atoms with Gasteiger partial charge in [-0.2, -0.15) is 0 Å². The third-order valence-electron chi connectivity index (χ3n) is 2.14. The van der Waals surface area contributed by atoms with E-state index >= 15 is 0 Å². The Hall–Kier alpha value is 0.530. The van der Waals surface area contributed by atoms with Crippen LogP contribution in [0.25, 0.3) is 0 Å². The van der Waals surface area contributed by atoms with Crippen LogP contribution in [0.5, 0.6) is 0 Å². The van der Waals surface area contributed by atoms with Crippen molar-refractivity contribution in [1.29, 1.82) is 0 Å². The number of ether oxygens (including phenoxy) is 2. The van der Waals surface area contributed by atoms with E-state index in [-0.39, 0.29) is 19.6 Å². The van der Waals surface area contributed by atoms with Crippen molar-refractivity contribution in [1.82, 2.24) is 0 Å². The van der Waals surface area contributed by atoms with Crippen LogP contribution >= 0.6 is 6.26 Å². The van der Waals surface area contributed by atoms with Crippen LogP contribution in [0.4, 0.5) is 0 Å². The van der Waals surface area contributed by atoms with Gasteiger partial charge in [-0.25, -0.2) is 0 Å². The predicted octanol–water partition coefficient (Wildman–Crippen LogP) is 1.20. The summed E-state index contributed by atoms with van der Waals surface area (Å²) in [6, 6.07) is 0. The van der Waals surface area contributed by atoms with Crippen molar-refractivity contribution in [2.45, 2.75) is 32.5 Å². The normalized spacial score (nSPS) is 37.1. The molecule has 1 aliphatic rings. The van der Waals surface area contributed by atoms with Gasteiger partial charge in [0.2, 0.25) is 0 Å². The summed E-state index contributed by atoms with van der Waals surface area (Å²) < 4.78 is 18.0. The second kappa shape index (κ2) is 6.19. The molecule has 3 nitrogen and oxygen atoms in total. The highest BCUT2D eigenvalue weighted by molar-refractivity contribution is 8.10. The molecule has 0 N–H and O–H groups in total. The standard InChI is InChI=1S/C8H17O3PS.CH4/c1-10-7-3-5-11-8(7)4-6-12(2,9)13;/h7-8H,3-6H2,1-2H3,(H,9,13);1H4/p-1/t7?,8-,12?;/m1./s1/i5T;/t5-,7?,8+,12?;/m0.. The Bertz CT molecular complexity index is 233. The summed E-state index contributed by atoms with van der Waals surface area (Å²) in [5.41, 5.74) is 0. The van der Waals surface area contributed by atoms with Crippen LogP contribution in [-0.4, -0.2) is 38.7 Å². The van der Waals surface area contributed by atoms with E-state index in [2.05, 4.69) is 0 Å². The fraction of sp³-hybridized carbons (Fsp3) is 1.00. The average molecular weight is 241 g/mol. The summed E-state index contributed by atoms with van der Waals surface area (Å²) in [6.07, 6.45) is -0.837. The fourth-order valence-electron chi connectivity index (χ4n) is 1.38. The molecule has 2 unspecified atom stereocenters. The molecular formula is C9H20O3PS-. The smallest absolute Gasteiger partial charge is 0.0854 e. The molecule has 0 radical (unpaired) electrons. The minimum absolute atomic E-state index is 0. The molecule has 0 aliphatic carbocycles. The zero-order valence-corrected chi connectivity index (χ0v) is 9.64. The van der Waals surface area contributed by atoms with E-state index in [1.165, 1.54) is 0 Å². The molecule has 1 saturated heterocycles. The van der Waals surface area contributed by atoms with Crippen molar-refractivity contribution < 1.29 is 15.7 Å². The van der Waals surface area contributed by atoms with E-state index in [1.54, 1.807) is 13.8 Å². The number of hydrogen-bond donors (Lipinski definition) is 0. The average Bonchev–Trinajstić information content (AvgIpc) is 2.41. The van der Waals surface area contributed by atoms with Crippen molar-refractivity contribution in [2.24, 2.45) is 0 Å². The summed E-state index contributed by atoms with van der Waals surface area (Å²) in [4.78, 5) is 11.3. The molecule has 5 heteroatoms. The Balaban J connectivity index is 0.00000196. The molecule has 1 heterocycles. The first-order chi connectivity index (χ1) is 6.42. The molecular weight excluding hydrogens is 219 g/mol. The monoisotopic (exact) mass is 241 g/mol. The lowest BCUT2D eigenvalue weighted by Crippen LogP contribution is -2.24. The first kappa shape index (κ1) is 12.6. The van der Waals surface area contributed by atoms with E-state index in [0.717, 1.165) is 0 Å². The minimum Gasteiger partial charge on any atom is -0.821 e. The van der Waals surface area contributed by atoms with Gasteiger partial charge in [0.15, 0.2) is 0 Å². The maximum atomic E-state index is 11.3. The van der Waals surface area contributed by atoms with Crippen molar-refractivity contribution >= 4 is 18.1 Å². The van der Waals surface area contributed by atoms with E-state index in [4.69, 9.17) is 22.7 Å². The summed E-state index contributed by atoms with van der Waals surface area (Å²) >= 11 is 4.84. The van der Waals surface area contributed by atoms with Gasteiger partial charge >= 0.3 is 0 Å². The first-order valence-corrected chi connectivity index (χ1v) is 7.65. The van der Waals surface area contributed by atoms with Crippen LogP contribution < -0.4 is 4.89 Å². The van der Waals surface area contributed by atoms with Gasteiger partial charge in [-0.3, -0.25) is 0 Å². The molecule has 4 atom stereocenters. The molecule has 14 heavy (non-hydrogen) atoms. The molecule has 0 bridgehead atoms. The van der Waals surface area contributed by atoms with Crippen LogP contribution in [0.2, 0.25) is 0 Å². The molecule has 0 amide bonds. The maximum Gasteiger partial charge on any atom is 0.0854 e. The fourth-order valence-corrected chi connectivity index (χ4v) is 2.42. The van der Waals surface area contributed by atoms with Gasteiger partial charge in [0.25, 0.3) is 0 Å². The van der Waals surface area contributed by atoms with Crippen molar-refractivity contribution in [3.63, 3.8) is 0 Å². The Kier molecular flexibility index (Phi) is 5.57. The third-order valence-corrected chi connectivity index (χ3v) is 3.76. The van der Waals surface area contributed by atoms with Gasteiger partial charge in [-0.05, 0) is 25.7 Å². The molecule has 1 rings (SSSR count). The molecule has 0 spiro atoms. The molecule has 1 aliphatic heterocycles. The second-order valence-corrected chi connectivity index (χ2v) is 8.17. The molecule has 0 aromatic heterocycles. The van der Waals surface area contributed by atoms with Gasteiger partial charge in [0, 0.05) is 13.7 Å². The van der Waals surface area contributed by atoms with Crippen molar-refractivity contribution in [3.05, 3.63) is 0 Å². The molecule has 0 saturated carbocycles. The van der Waals surface area contributed by atoms with Crippen molar-refractivity contribution in [3.8, 4) is 0 Å². The number of methoxy groups -OCH3 is 1. The third kappa shape index (κ3) is 4.85. The minimum atomic E-state index is -2.39. The maximum absolute atomic E-state index is 11.3. The largest absolute Gasteiger partial charge is 0.821 e. The van der Waals surface area contributed by atoms with Gasteiger partial charge in [0.1, 0.15) is 0 Å². The summed E-state index contributed by atoms with van der Waals surface area (Å²) in [7, 11) is 1.61. The molecule has 0 aromatic rings. The summed E-state index contributed by atoms with van der Waals surface area (Å²) in [5, 5.41) is 0. The Morgan fingerprint density at radius 1 is 1.79 bits per heavy atom. The number of rotatable bonds is 4. The van der Waals surface area contributed by atoms with Crippen LogP contribution in [0, 0.1) is 0 Å². The molecule has 0 aromatic carbocycles. The summed E-state index contributed by atoms with van der Waals surface area (Å²) in [5.74, 6) is 0. The highest BCUT2D eigenvalue weighted by atomic mass is 32.4. The van der Waals surface area contributed by atoms with Crippen molar-refractivity contribution in [2.75, 3.05) is 26.5 Å².